The van der Waals surface area contributed by atoms with E-state index >= 15 is 0 Å². The van der Waals surface area contributed by atoms with Crippen molar-refractivity contribution in [3.05, 3.63) is 35.9 Å². The van der Waals surface area contributed by atoms with Crippen LogP contribution in [0, 0.1) is 0 Å². The molecule has 0 spiro atoms. The molecule has 0 radical (unpaired) electrons. The molecule has 2 rings (SSSR count). The fourth-order valence-electron chi connectivity index (χ4n) is 2.44. The summed E-state index contributed by atoms with van der Waals surface area (Å²) in [6.45, 7) is 3.02. The predicted octanol–water partition coefficient (Wildman–Crippen LogP) is 0.728. The van der Waals surface area contributed by atoms with E-state index in [4.69, 9.17) is 4.74 Å². The van der Waals surface area contributed by atoms with Crippen LogP contribution in [0.4, 0.5) is 4.79 Å². The predicted molar refractivity (Wildman–Crippen MR) is 83.6 cm³/mol. The van der Waals surface area contributed by atoms with Gasteiger partial charge >= 0.3 is 12.0 Å². The first-order chi connectivity index (χ1) is 10.6. The Bertz CT molecular complexity index is 499. The van der Waals surface area contributed by atoms with Crippen molar-refractivity contribution >= 4 is 12.0 Å². The number of nitrogens with one attached hydrogen (secondary N) is 1. The van der Waals surface area contributed by atoms with E-state index < -0.39 is 12.0 Å². The van der Waals surface area contributed by atoms with Gasteiger partial charge in [-0.3, -0.25) is 0 Å². The van der Waals surface area contributed by atoms with Gasteiger partial charge in [0.1, 0.15) is 6.04 Å². The molecule has 0 bridgehead atoms. The number of benzene rings is 1. The van der Waals surface area contributed by atoms with E-state index in [9.17, 15) is 9.59 Å². The van der Waals surface area contributed by atoms with Crippen LogP contribution in [0.5, 0.6) is 0 Å². The second kappa shape index (κ2) is 7.79. The van der Waals surface area contributed by atoms with Gasteiger partial charge in [-0.05, 0) is 12.6 Å². The van der Waals surface area contributed by atoms with E-state index in [2.05, 4.69) is 10.2 Å². The molecule has 6 nitrogen and oxygen atoms in total. The monoisotopic (exact) mass is 305 g/mol. The maximum Gasteiger partial charge on any atom is 0.328 e. The molecule has 1 aliphatic heterocycles. The second-order valence-electron chi connectivity index (χ2n) is 5.51. The molecular weight excluding hydrogens is 282 g/mol. The quantitative estimate of drug-likeness (QED) is 0.833. The van der Waals surface area contributed by atoms with Gasteiger partial charge in [-0.2, -0.15) is 0 Å². The largest absolute Gasteiger partial charge is 0.467 e. The van der Waals surface area contributed by atoms with Crippen molar-refractivity contribution in [2.24, 2.45) is 0 Å². The number of methoxy groups -OCH3 is 1. The van der Waals surface area contributed by atoms with Crippen LogP contribution < -0.4 is 5.32 Å². The Morgan fingerprint density at radius 1 is 1.18 bits per heavy atom. The summed E-state index contributed by atoms with van der Waals surface area (Å²) in [6.07, 6.45) is 0.424. The molecular formula is C16H23N3O3. The summed E-state index contributed by atoms with van der Waals surface area (Å²) in [6, 6.07) is 8.71. The van der Waals surface area contributed by atoms with Crippen LogP contribution in [0.1, 0.15) is 5.56 Å². The first-order valence-corrected chi connectivity index (χ1v) is 7.46. The normalized spacial score (nSPS) is 16.9. The lowest BCUT2D eigenvalue weighted by atomic mass is 10.1. The number of hydrogen-bond acceptors (Lipinski definition) is 4. The molecule has 1 heterocycles. The van der Waals surface area contributed by atoms with Gasteiger partial charge in [-0.1, -0.05) is 30.3 Å². The highest BCUT2D eigenvalue weighted by atomic mass is 16.5. The van der Waals surface area contributed by atoms with E-state index in [1.807, 2.05) is 37.4 Å². The van der Waals surface area contributed by atoms with Crippen molar-refractivity contribution in [3.8, 4) is 0 Å². The molecule has 1 aromatic carbocycles. The fraction of sp³-hybridized carbons (Fsp3) is 0.500. The van der Waals surface area contributed by atoms with E-state index in [-0.39, 0.29) is 6.03 Å². The van der Waals surface area contributed by atoms with Gasteiger partial charge in [-0.15, -0.1) is 0 Å². The number of carbonyl (C=O) groups excluding carboxylic acids is 2. The lowest BCUT2D eigenvalue weighted by Gasteiger charge is -2.33. The summed E-state index contributed by atoms with van der Waals surface area (Å²) in [4.78, 5) is 28.1. The molecule has 1 aliphatic rings. The Morgan fingerprint density at radius 3 is 2.41 bits per heavy atom. The van der Waals surface area contributed by atoms with E-state index in [0.717, 1.165) is 18.7 Å². The molecule has 120 valence electrons. The summed E-state index contributed by atoms with van der Waals surface area (Å²) >= 11 is 0. The zero-order valence-corrected chi connectivity index (χ0v) is 13.1. The highest BCUT2D eigenvalue weighted by Crippen LogP contribution is 2.06. The number of likely N-dealkylation sites (N-methyl/N-ethyl adjacent to an activating group) is 1. The minimum Gasteiger partial charge on any atom is -0.467 e. The lowest BCUT2D eigenvalue weighted by Crippen LogP contribution is -2.54. The smallest absolute Gasteiger partial charge is 0.328 e. The van der Waals surface area contributed by atoms with Crippen molar-refractivity contribution in [1.29, 1.82) is 0 Å². The Balaban J connectivity index is 1.97. The molecule has 6 heteroatoms. The molecule has 1 unspecified atom stereocenters. The molecule has 1 saturated heterocycles. The van der Waals surface area contributed by atoms with Crippen LogP contribution in [0.25, 0.3) is 0 Å². The molecule has 0 aromatic heterocycles. The van der Waals surface area contributed by atoms with Crippen molar-refractivity contribution in [3.63, 3.8) is 0 Å². The number of urea groups is 1. The number of nitrogens with zero attached hydrogens (tertiary/aromatic N) is 2. The van der Waals surface area contributed by atoms with Gasteiger partial charge in [0.2, 0.25) is 0 Å². The van der Waals surface area contributed by atoms with Crippen molar-refractivity contribution in [2.75, 3.05) is 40.3 Å². The fourth-order valence-corrected chi connectivity index (χ4v) is 2.44. The Kier molecular flexibility index (Phi) is 5.77. The van der Waals surface area contributed by atoms with E-state index in [0.29, 0.717) is 19.5 Å². The summed E-state index contributed by atoms with van der Waals surface area (Å²) in [5.41, 5.74) is 0.983. The lowest BCUT2D eigenvalue weighted by molar-refractivity contribution is -0.142. The summed E-state index contributed by atoms with van der Waals surface area (Å²) in [5, 5.41) is 2.79. The SMILES string of the molecule is COC(=O)C(Cc1ccccc1)NC(=O)N1CCN(C)CC1. The van der Waals surface area contributed by atoms with Gasteiger partial charge in [0.15, 0.2) is 0 Å². The Morgan fingerprint density at radius 2 is 1.82 bits per heavy atom. The first-order valence-electron chi connectivity index (χ1n) is 7.46. The maximum atomic E-state index is 12.3. The van der Waals surface area contributed by atoms with Crippen molar-refractivity contribution < 1.29 is 14.3 Å². The number of piperazine rings is 1. The van der Waals surface area contributed by atoms with E-state index in [1.54, 1.807) is 4.90 Å². The van der Waals surface area contributed by atoms with Crippen LogP contribution in [0.3, 0.4) is 0 Å². The molecule has 1 N–H and O–H groups in total. The molecule has 1 aromatic rings. The van der Waals surface area contributed by atoms with Gasteiger partial charge in [0, 0.05) is 32.6 Å². The molecule has 1 fully saturated rings. The minimum atomic E-state index is -0.667. The Hall–Kier alpha value is -2.08. The van der Waals surface area contributed by atoms with Crippen molar-refractivity contribution in [2.45, 2.75) is 12.5 Å². The van der Waals surface area contributed by atoms with Crippen LogP contribution in [0.15, 0.2) is 30.3 Å². The van der Waals surface area contributed by atoms with Gasteiger partial charge in [-0.25, -0.2) is 9.59 Å². The van der Waals surface area contributed by atoms with E-state index in [1.165, 1.54) is 7.11 Å². The summed E-state index contributed by atoms with van der Waals surface area (Å²) in [5.74, 6) is -0.425. The third kappa shape index (κ3) is 4.46. The standard InChI is InChI=1S/C16H23N3O3/c1-18-8-10-19(11-9-18)16(21)17-14(15(20)22-2)12-13-6-4-3-5-7-13/h3-7,14H,8-12H2,1-2H3,(H,17,21). The molecule has 0 aliphatic carbocycles. The number of carbonyl (C=O) groups is 2. The molecule has 1 atom stereocenters. The van der Waals surface area contributed by atoms with Gasteiger partial charge in [0.05, 0.1) is 7.11 Å². The highest BCUT2D eigenvalue weighted by molar-refractivity contribution is 5.83. The van der Waals surface area contributed by atoms with Crippen LogP contribution in [-0.2, 0) is 16.0 Å². The Labute approximate surface area is 131 Å². The average molecular weight is 305 g/mol. The summed E-state index contributed by atoms with van der Waals surface area (Å²) in [7, 11) is 3.37. The number of esters is 1. The van der Waals surface area contributed by atoms with Gasteiger partial charge in [0.25, 0.3) is 0 Å². The summed E-state index contributed by atoms with van der Waals surface area (Å²) < 4.78 is 4.81. The van der Waals surface area contributed by atoms with Gasteiger partial charge < -0.3 is 19.9 Å². The third-order valence-corrected chi connectivity index (χ3v) is 3.86. The third-order valence-electron chi connectivity index (χ3n) is 3.86. The topological polar surface area (TPSA) is 61.9 Å². The first kappa shape index (κ1) is 16.3. The molecule has 0 saturated carbocycles. The van der Waals surface area contributed by atoms with Crippen LogP contribution in [-0.4, -0.2) is 68.2 Å². The molecule has 22 heavy (non-hydrogen) atoms. The average Bonchev–Trinajstić information content (AvgIpc) is 2.55. The second-order valence-corrected chi connectivity index (χ2v) is 5.51. The zero-order valence-electron chi connectivity index (χ0n) is 13.1. The number of hydrogen-bond donors (Lipinski definition) is 1. The number of amides is 2. The number of rotatable bonds is 4. The maximum absolute atomic E-state index is 12.3. The number of ether oxygens (including phenoxy) is 1. The van der Waals surface area contributed by atoms with Crippen LogP contribution in [0.2, 0.25) is 0 Å². The van der Waals surface area contributed by atoms with Crippen molar-refractivity contribution in [1.82, 2.24) is 15.1 Å². The highest BCUT2D eigenvalue weighted by Gasteiger charge is 2.26. The van der Waals surface area contributed by atoms with Crippen LogP contribution >= 0.6 is 0 Å². The molecule has 2 amide bonds. The minimum absolute atomic E-state index is 0.209. The zero-order chi connectivity index (χ0) is 15.9.